The zero-order chi connectivity index (χ0) is 13.7. The molecule has 4 heteroatoms. The fourth-order valence-electron chi connectivity index (χ4n) is 2.34. The molecule has 1 saturated carbocycles. The van der Waals surface area contributed by atoms with Gasteiger partial charge in [0, 0.05) is 25.2 Å². The van der Waals surface area contributed by atoms with Crippen molar-refractivity contribution in [1.82, 2.24) is 10.2 Å². The predicted molar refractivity (Wildman–Crippen MR) is 75.3 cm³/mol. The maximum atomic E-state index is 11.4. The van der Waals surface area contributed by atoms with E-state index in [-0.39, 0.29) is 11.9 Å². The minimum Gasteiger partial charge on any atom is -0.368 e. The Morgan fingerprint density at radius 3 is 2.33 bits per heavy atom. The lowest BCUT2D eigenvalue weighted by Crippen LogP contribution is -2.46. The lowest BCUT2D eigenvalue weighted by molar-refractivity contribution is -0.120. The largest absolute Gasteiger partial charge is 0.368 e. The highest BCUT2D eigenvalue weighted by atomic mass is 16.1. The molecule has 18 heavy (non-hydrogen) atoms. The molecule has 106 valence electrons. The molecule has 1 amide bonds. The van der Waals surface area contributed by atoms with Gasteiger partial charge >= 0.3 is 0 Å². The van der Waals surface area contributed by atoms with Crippen LogP contribution in [0.3, 0.4) is 0 Å². The van der Waals surface area contributed by atoms with Crippen molar-refractivity contribution < 1.29 is 4.79 Å². The molecule has 0 radical (unpaired) electrons. The third kappa shape index (κ3) is 5.83. The Hall–Kier alpha value is -0.610. The van der Waals surface area contributed by atoms with E-state index in [1.807, 2.05) is 13.8 Å². The van der Waals surface area contributed by atoms with Gasteiger partial charge in [0.25, 0.3) is 0 Å². The van der Waals surface area contributed by atoms with Crippen molar-refractivity contribution in [2.24, 2.45) is 11.7 Å². The highest BCUT2D eigenvalue weighted by molar-refractivity contribution is 5.79. The molecule has 0 aromatic heterocycles. The number of nitrogens with one attached hydrogen (secondary N) is 1. The summed E-state index contributed by atoms with van der Waals surface area (Å²) < 4.78 is 0. The van der Waals surface area contributed by atoms with Crippen LogP contribution in [0, 0.1) is 5.92 Å². The maximum absolute atomic E-state index is 11.4. The number of hydrogen-bond acceptors (Lipinski definition) is 3. The summed E-state index contributed by atoms with van der Waals surface area (Å²) in [7, 11) is 0. The first kappa shape index (κ1) is 15.4. The van der Waals surface area contributed by atoms with E-state index in [1.165, 1.54) is 12.8 Å². The van der Waals surface area contributed by atoms with Gasteiger partial charge in [-0.1, -0.05) is 27.7 Å². The zero-order valence-corrected chi connectivity index (χ0v) is 12.3. The van der Waals surface area contributed by atoms with Crippen LogP contribution in [0.15, 0.2) is 0 Å². The molecule has 1 fully saturated rings. The van der Waals surface area contributed by atoms with Crippen LogP contribution in [-0.4, -0.2) is 42.0 Å². The van der Waals surface area contributed by atoms with Gasteiger partial charge in [-0.15, -0.1) is 0 Å². The Morgan fingerprint density at radius 1 is 1.33 bits per heavy atom. The van der Waals surface area contributed by atoms with Crippen molar-refractivity contribution in [3.05, 3.63) is 0 Å². The number of carbonyl (C=O) groups excluding carboxylic acids is 1. The van der Waals surface area contributed by atoms with Crippen LogP contribution < -0.4 is 11.1 Å². The topological polar surface area (TPSA) is 58.4 Å². The second-order valence-electron chi connectivity index (χ2n) is 6.18. The van der Waals surface area contributed by atoms with Gasteiger partial charge in [0.05, 0.1) is 6.04 Å². The molecule has 1 atom stereocenters. The number of hydrogen-bond donors (Lipinski definition) is 2. The maximum Gasteiger partial charge on any atom is 0.234 e. The van der Waals surface area contributed by atoms with Crippen molar-refractivity contribution in [3.8, 4) is 0 Å². The summed E-state index contributed by atoms with van der Waals surface area (Å²) in [6, 6.07) is 0.848. The van der Waals surface area contributed by atoms with Crippen LogP contribution in [0.4, 0.5) is 0 Å². The monoisotopic (exact) mass is 255 g/mol. The Bertz CT molecular complexity index is 262. The Morgan fingerprint density at radius 2 is 1.94 bits per heavy atom. The second-order valence-corrected chi connectivity index (χ2v) is 6.18. The van der Waals surface area contributed by atoms with Crippen molar-refractivity contribution in [1.29, 1.82) is 0 Å². The van der Waals surface area contributed by atoms with Gasteiger partial charge in [-0.2, -0.15) is 0 Å². The summed E-state index contributed by atoms with van der Waals surface area (Å²) in [4.78, 5) is 13.9. The molecular formula is C14H29N3O. The van der Waals surface area contributed by atoms with Gasteiger partial charge in [0.2, 0.25) is 5.91 Å². The van der Waals surface area contributed by atoms with Crippen molar-refractivity contribution in [2.45, 2.75) is 65.1 Å². The molecule has 0 aliphatic heterocycles. The standard InChI is InChI=1S/C14H29N3O/c1-10(2)9-17(12-5-6-12)8-7-13(14(15)18)16-11(3)4/h10-13,16H,5-9H2,1-4H3,(H2,15,18). The number of rotatable bonds is 9. The van der Waals surface area contributed by atoms with E-state index in [4.69, 9.17) is 5.73 Å². The normalized spacial score (nSPS) is 17.7. The van der Waals surface area contributed by atoms with Crippen LogP contribution in [-0.2, 0) is 4.79 Å². The molecule has 1 unspecified atom stereocenters. The molecule has 0 spiro atoms. The highest BCUT2D eigenvalue weighted by Crippen LogP contribution is 2.27. The first-order valence-electron chi connectivity index (χ1n) is 7.19. The average Bonchev–Trinajstić information content (AvgIpc) is 3.04. The molecule has 1 aliphatic carbocycles. The first-order chi connectivity index (χ1) is 8.40. The van der Waals surface area contributed by atoms with Crippen molar-refractivity contribution >= 4 is 5.91 Å². The Labute approximate surface area is 111 Å². The van der Waals surface area contributed by atoms with E-state index in [1.54, 1.807) is 0 Å². The number of nitrogens with two attached hydrogens (primary N) is 1. The molecule has 0 saturated heterocycles. The summed E-state index contributed by atoms with van der Waals surface area (Å²) >= 11 is 0. The average molecular weight is 255 g/mol. The van der Waals surface area contributed by atoms with Gasteiger partial charge in [0.1, 0.15) is 0 Å². The summed E-state index contributed by atoms with van der Waals surface area (Å²) in [6.07, 6.45) is 3.44. The van der Waals surface area contributed by atoms with Gasteiger partial charge in [-0.05, 0) is 25.2 Å². The summed E-state index contributed by atoms with van der Waals surface area (Å²) in [5.74, 6) is 0.444. The van der Waals surface area contributed by atoms with E-state index in [9.17, 15) is 4.79 Å². The van der Waals surface area contributed by atoms with E-state index < -0.39 is 0 Å². The van der Waals surface area contributed by atoms with E-state index >= 15 is 0 Å². The summed E-state index contributed by atoms with van der Waals surface area (Å²) in [6.45, 7) is 10.7. The van der Waals surface area contributed by atoms with Crippen LogP contribution in [0.5, 0.6) is 0 Å². The first-order valence-corrected chi connectivity index (χ1v) is 7.19. The number of carbonyl (C=O) groups is 1. The lowest BCUT2D eigenvalue weighted by atomic mass is 10.1. The molecule has 0 bridgehead atoms. The highest BCUT2D eigenvalue weighted by Gasteiger charge is 2.30. The van der Waals surface area contributed by atoms with Gasteiger partial charge in [-0.3, -0.25) is 4.79 Å². The second kappa shape index (κ2) is 7.10. The van der Waals surface area contributed by atoms with Crippen LogP contribution in [0.25, 0.3) is 0 Å². The van der Waals surface area contributed by atoms with Gasteiger partial charge in [0.15, 0.2) is 0 Å². The van der Waals surface area contributed by atoms with Gasteiger partial charge < -0.3 is 16.0 Å². The Balaban J connectivity index is 2.40. The Kier molecular flexibility index (Phi) is 6.09. The molecule has 0 aromatic carbocycles. The van der Waals surface area contributed by atoms with E-state index in [2.05, 4.69) is 24.1 Å². The lowest BCUT2D eigenvalue weighted by Gasteiger charge is -2.26. The van der Waals surface area contributed by atoms with Crippen molar-refractivity contribution in [2.75, 3.05) is 13.1 Å². The van der Waals surface area contributed by atoms with E-state index in [0.29, 0.717) is 12.0 Å². The van der Waals surface area contributed by atoms with E-state index in [0.717, 1.165) is 25.6 Å². The molecular weight excluding hydrogens is 226 g/mol. The minimum absolute atomic E-state index is 0.196. The minimum atomic E-state index is -0.232. The quantitative estimate of drug-likeness (QED) is 0.654. The zero-order valence-electron chi connectivity index (χ0n) is 12.3. The fraction of sp³-hybridized carbons (Fsp3) is 0.929. The molecule has 0 aromatic rings. The number of nitrogens with zero attached hydrogens (tertiary/aromatic N) is 1. The van der Waals surface area contributed by atoms with Crippen LogP contribution in [0.1, 0.15) is 47.0 Å². The molecule has 4 nitrogen and oxygen atoms in total. The number of primary amides is 1. The predicted octanol–water partition coefficient (Wildman–Crippen LogP) is 1.35. The summed E-state index contributed by atoms with van der Waals surface area (Å²) in [5, 5.41) is 3.25. The number of amides is 1. The molecule has 0 heterocycles. The summed E-state index contributed by atoms with van der Waals surface area (Å²) in [5.41, 5.74) is 5.44. The van der Waals surface area contributed by atoms with Gasteiger partial charge in [-0.25, -0.2) is 0 Å². The molecule has 3 N–H and O–H groups in total. The van der Waals surface area contributed by atoms with Crippen LogP contribution in [0.2, 0.25) is 0 Å². The molecule has 1 aliphatic rings. The smallest absolute Gasteiger partial charge is 0.234 e. The molecule has 1 rings (SSSR count). The third-order valence-corrected chi connectivity index (χ3v) is 3.25. The van der Waals surface area contributed by atoms with Crippen LogP contribution >= 0.6 is 0 Å². The SMILES string of the molecule is CC(C)CN(CCC(NC(C)C)C(N)=O)C1CC1. The fourth-order valence-corrected chi connectivity index (χ4v) is 2.34. The third-order valence-electron chi connectivity index (χ3n) is 3.25. The van der Waals surface area contributed by atoms with Crippen molar-refractivity contribution in [3.63, 3.8) is 0 Å².